The Morgan fingerprint density at radius 1 is 1.50 bits per heavy atom. The molecule has 0 spiro atoms. The van der Waals surface area contributed by atoms with E-state index >= 15 is 0 Å². The summed E-state index contributed by atoms with van der Waals surface area (Å²) >= 11 is 7.34. The van der Waals surface area contributed by atoms with E-state index in [1.54, 1.807) is 11.3 Å². The smallest absolute Gasteiger partial charge is 0.151 e. The predicted molar refractivity (Wildman–Crippen MR) is 74.9 cm³/mol. The van der Waals surface area contributed by atoms with Crippen molar-refractivity contribution >= 4 is 32.8 Å². The van der Waals surface area contributed by atoms with Gasteiger partial charge in [-0.25, -0.2) is 13.4 Å². The molecule has 2 rings (SSSR count). The van der Waals surface area contributed by atoms with E-state index in [-0.39, 0.29) is 11.8 Å². The zero-order valence-corrected chi connectivity index (χ0v) is 12.7. The molecule has 0 saturated carbocycles. The number of aromatic nitrogens is 1. The molecule has 1 fully saturated rings. The number of nitrogens with zero attached hydrogens (tertiary/aromatic N) is 2. The van der Waals surface area contributed by atoms with Crippen LogP contribution in [0.1, 0.15) is 30.1 Å². The van der Waals surface area contributed by atoms with Gasteiger partial charge in [-0.3, -0.25) is 4.90 Å². The molecule has 102 valence electrons. The highest BCUT2D eigenvalue weighted by Crippen LogP contribution is 2.25. The SMILES string of the molecule is CC(c1nc(CCl)cs1)N1CCCS(=O)(=O)CC1. The molecule has 1 aromatic rings. The van der Waals surface area contributed by atoms with Crippen LogP contribution in [0.15, 0.2) is 5.38 Å². The van der Waals surface area contributed by atoms with Gasteiger partial charge in [-0.05, 0) is 19.9 Å². The van der Waals surface area contributed by atoms with Gasteiger partial charge in [0, 0.05) is 11.9 Å². The van der Waals surface area contributed by atoms with E-state index in [9.17, 15) is 8.42 Å². The zero-order chi connectivity index (χ0) is 13.2. The second-order valence-electron chi connectivity index (χ2n) is 4.53. The minimum Gasteiger partial charge on any atom is -0.293 e. The molecule has 18 heavy (non-hydrogen) atoms. The van der Waals surface area contributed by atoms with Crippen LogP contribution in [0.2, 0.25) is 0 Å². The Morgan fingerprint density at radius 2 is 2.28 bits per heavy atom. The van der Waals surface area contributed by atoms with Crippen molar-refractivity contribution in [2.75, 3.05) is 24.6 Å². The van der Waals surface area contributed by atoms with Crippen molar-refractivity contribution in [1.82, 2.24) is 9.88 Å². The molecule has 1 aliphatic rings. The Labute approximate surface area is 117 Å². The average Bonchev–Trinajstić information content (AvgIpc) is 2.74. The highest BCUT2D eigenvalue weighted by Gasteiger charge is 2.24. The number of thiazole rings is 1. The van der Waals surface area contributed by atoms with Crippen LogP contribution < -0.4 is 0 Å². The predicted octanol–water partition coefficient (Wildman–Crippen LogP) is 2.06. The van der Waals surface area contributed by atoms with Crippen molar-refractivity contribution in [3.63, 3.8) is 0 Å². The molecule has 1 atom stereocenters. The van der Waals surface area contributed by atoms with Gasteiger partial charge in [-0.15, -0.1) is 22.9 Å². The van der Waals surface area contributed by atoms with Gasteiger partial charge in [0.2, 0.25) is 0 Å². The first-order valence-corrected chi connectivity index (χ1v) is 9.20. The van der Waals surface area contributed by atoms with Crippen molar-refractivity contribution in [2.24, 2.45) is 0 Å². The third-order valence-electron chi connectivity index (χ3n) is 3.20. The van der Waals surface area contributed by atoms with Crippen molar-refractivity contribution in [1.29, 1.82) is 0 Å². The minimum atomic E-state index is -2.85. The van der Waals surface area contributed by atoms with E-state index in [1.165, 1.54) is 0 Å². The van der Waals surface area contributed by atoms with Gasteiger partial charge in [0.15, 0.2) is 9.84 Å². The Hall–Kier alpha value is -0.170. The molecule has 0 bridgehead atoms. The van der Waals surface area contributed by atoms with Gasteiger partial charge in [0.1, 0.15) is 5.01 Å². The first-order chi connectivity index (χ1) is 8.52. The summed E-state index contributed by atoms with van der Waals surface area (Å²) in [6, 6.07) is 0.167. The Morgan fingerprint density at radius 3 is 2.94 bits per heavy atom. The van der Waals surface area contributed by atoms with Crippen molar-refractivity contribution in [3.05, 3.63) is 16.1 Å². The van der Waals surface area contributed by atoms with Crippen LogP contribution in [0.25, 0.3) is 0 Å². The molecule has 1 aliphatic heterocycles. The second kappa shape index (κ2) is 5.86. The summed E-state index contributed by atoms with van der Waals surface area (Å²) in [4.78, 5) is 6.66. The van der Waals surface area contributed by atoms with E-state index in [0.717, 1.165) is 17.2 Å². The lowest BCUT2D eigenvalue weighted by Crippen LogP contribution is -2.30. The lowest BCUT2D eigenvalue weighted by atomic mass is 10.2. The molecule has 2 heterocycles. The van der Waals surface area contributed by atoms with E-state index in [1.807, 2.05) is 5.38 Å². The topological polar surface area (TPSA) is 50.3 Å². The van der Waals surface area contributed by atoms with Crippen LogP contribution >= 0.6 is 22.9 Å². The monoisotopic (exact) mass is 308 g/mol. The second-order valence-corrected chi connectivity index (χ2v) is 7.99. The number of hydrogen-bond acceptors (Lipinski definition) is 5. The fourth-order valence-corrected chi connectivity index (χ4v) is 4.50. The lowest BCUT2D eigenvalue weighted by Gasteiger charge is -2.25. The molecule has 0 N–H and O–H groups in total. The zero-order valence-electron chi connectivity index (χ0n) is 10.3. The highest BCUT2D eigenvalue weighted by atomic mass is 35.5. The molecule has 4 nitrogen and oxygen atoms in total. The van der Waals surface area contributed by atoms with Gasteiger partial charge in [0.05, 0.1) is 29.1 Å². The van der Waals surface area contributed by atoms with E-state index in [0.29, 0.717) is 24.6 Å². The third-order valence-corrected chi connectivity index (χ3v) is 6.25. The van der Waals surface area contributed by atoms with Crippen LogP contribution in [0.3, 0.4) is 0 Å². The van der Waals surface area contributed by atoms with Gasteiger partial charge in [0.25, 0.3) is 0 Å². The third kappa shape index (κ3) is 3.44. The van der Waals surface area contributed by atoms with E-state index < -0.39 is 9.84 Å². The maximum absolute atomic E-state index is 11.6. The van der Waals surface area contributed by atoms with Crippen molar-refractivity contribution < 1.29 is 8.42 Å². The summed E-state index contributed by atoms with van der Waals surface area (Å²) in [5.41, 5.74) is 0.894. The van der Waals surface area contributed by atoms with Crippen LogP contribution in [0.4, 0.5) is 0 Å². The largest absolute Gasteiger partial charge is 0.293 e. The fraction of sp³-hybridized carbons (Fsp3) is 0.727. The molecule has 1 unspecified atom stereocenters. The van der Waals surface area contributed by atoms with Gasteiger partial charge in [-0.1, -0.05) is 0 Å². The molecule has 1 saturated heterocycles. The summed E-state index contributed by atoms with van der Waals surface area (Å²) in [6.07, 6.45) is 0.709. The van der Waals surface area contributed by atoms with Gasteiger partial charge < -0.3 is 0 Å². The molecule has 0 radical (unpaired) electrons. The maximum Gasteiger partial charge on any atom is 0.151 e. The number of hydrogen-bond donors (Lipinski definition) is 0. The number of rotatable bonds is 3. The van der Waals surface area contributed by atoms with Crippen LogP contribution in [-0.4, -0.2) is 42.9 Å². The normalized spacial score (nSPS) is 22.6. The molecule has 0 aliphatic carbocycles. The fourth-order valence-electron chi connectivity index (χ4n) is 2.08. The Bertz CT molecular complexity index is 501. The van der Waals surface area contributed by atoms with Crippen LogP contribution in [0, 0.1) is 0 Å². The van der Waals surface area contributed by atoms with Crippen molar-refractivity contribution in [2.45, 2.75) is 25.3 Å². The number of sulfone groups is 1. The summed E-state index contributed by atoms with van der Waals surface area (Å²) in [5.74, 6) is 0.990. The van der Waals surface area contributed by atoms with Crippen LogP contribution in [0.5, 0.6) is 0 Å². The summed E-state index contributed by atoms with van der Waals surface area (Å²) < 4.78 is 23.1. The molecule has 1 aromatic heterocycles. The minimum absolute atomic E-state index is 0.167. The molecule has 0 aromatic carbocycles. The lowest BCUT2D eigenvalue weighted by molar-refractivity contribution is 0.227. The van der Waals surface area contributed by atoms with Gasteiger partial charge >= 0.3 is 0 Å². The van der Waals surface area contributed by atoms with Gasteiger partial charge in [-0.2, -0.15) is 0 Å². The molecule has 7 heteroatoms. The summed E-state index contributed by atoms with van der Waals surface area (Å²) in [6.45, 7) is 3.49. The maximum atomic E-state index is 11.6. The Kier molecular flexibility index (Phi) is 4.64. The standard InChI is InChI=1S/C11H17ClN2O2S2/c1-9(11-13-10(7-12)8-17-11)14-3-2-5-18(15,16)6-4-14/h8-9H,2-7H2,1H3. The Balaban J connectivity index is 2.06. The first kappa shape index (κ1) is 14.2. The van der Waals surface area contributed by atoms with E-state index in [4.69, 9.17) is 11.6 Å². The highest BCUT2D eigenvalue weighted by molar-refractivity contribution is 7.91. The summed E-state index contributed by atoms with van der Waals surface area (Å²) in [7, 11) is -2.85. The van der Waals surface area contributed by atoms with E-state index in [2.05, 4.69) is 16.8 Å². The summed E-state index contributed by atoms with van der Waals surface area (Å²) in [5, 5.41) is 2.98. The number of alkyl halides is 1. The van der Waals surface area contributed by atoms with Crippen LogP contribution in [-0.2, 0) is 15.7 Å². The molecular formula is C11H17ClN2O2S2. The van der Waals surface area contributed by atoms with Crippen molar-refractivity contribution in [3.8, 4) is 0 Å². The quantitative estimate of drug-likeness (QED) is 0.802. The molecular weight excluding hydrogens is 292 g/mol. The first-order valence-electron chi connectivity index (χ1n) is 5.96. The molecule has 0 amide bonds. The number of halogens is 1. The average molecular weight is 309 g/mol.